The summed E-state index contributed by atoms with van der Waals surface area (Å²) in [6.45, 7) is 0. The number of benzene rings is 1. The first-order valence-electron chi connectivity index (χ1n) is 4.94. The highest BCUT2D eigenvalue weighted by molar-refractivity contribution is 7.55. The molecule has 0 aliphatic heterocycles. The molecule has 0 aliphatic rings. The van der Waals surface area contributed by atoms with Gasteiger partial charge in [-0.15, -0.1) is 0 Å². The third-order valence-electron chi connectivity index (χ3n) is 2.10. The Morgan fingerprint density at radius 3 is 2.21 bits per heavy atom. The van der Waals surface area contributed by atoms with Gasteiger partial charge in [0.15, 0.2) is 5.66 Å². The lowest BCUT2D eigenvalue weighted by atomic mass is 10.3. The highest BCUT2D eigenvalue weighted by Crippen LogP contribution is 2.49. The average molecular weight is 309 g/mol. The fourth-order valence-corrected chi connectivity index (χ4v) is 2.56. The van der Waals surface area contributed by atoms with Crippen molar-refractivity contribution < 1.29 is 33.8 Å². The molecule has 104 valence electrons. The fourth-order valence-electron chi connectivity index (χ4n) is 1.22. The molecule has 0 aromatic heterocycles. The molecule has 0 aliphatic carbocycles. The summed E-state index contributed by atoms with van der Waals surface area (Å²) < 4.78 is 16.5. The number of rotatable bonds is 6. The first-order chi connectivity index (χ1) is 8.72. The Balaban J connectivity index is 2.94. The van der Waals surface area contributed by atoms with Crippen LogP contribution in [0.2, 0.25) is 5.02 Å². The van der Waals surface area contributed by atoms with Crippen LogP contribution in [0.15, 0.2) is 24.3 Å². The maximum atomic E-state index is 11.8. The Hall–Kier alpha value is -1.56. The molecule has 0 saturated heterocycles. The van der Waals surface area contributed by atoms with E-state index in [-0.39, 0.29) is 5.75 Å². The molecular formula is C10H10ClO7P. The molecule has 0 spiro atoms. The van der Waals surface area contributed by atoms with E-state index in [2.05, 4.69) is 4.52 Å². The Labute approximate surface area is 112 Å². The Bertz CT molecular complexity index is 527. The van der Waals surface area contributed by atoms with Gasteiger partial charge in [0.1, 0.15) is 5.75 Å². The van der Waals surface area contributed by atoms with Gasteiger partial charge in [0, 0.05) is 5.02 Å². The van der Waals surface area contributed by atoms with Crippen molar-refractivity contribution in [3.05, 3.63) is 29.3 Å². The molecule has 0 amide bonds. The van der Waals surface area contributed by atoms with Crippen LogP contribution in [0.25, 0.3) is 0 Å². The molecule has 19 heavy (non-hydrogen) atoms. The van der Waals surface area contributed by atoms with Gasteiger partial charge in [-0.25, -0.2) is 4.57 Å². The number of carboxylic acid groups (broad SMARTS) is 2. The lowest BCUT2D eigenvalue weighted by Crippen LogP contribution is -2.25. The van der Waals surface area contributed by atoms with Gasteiger partial charge in [0.2, 0.25) is 0 Å². The van der Waals surface area contributed by atoms with Gasteiger partial charge in [-0.05, 0) is 24.3 Å². The van der Waals surface area contributed by atoms with Gasteiger partial charge in [-0.2, -0.15) is 0 Å². The van der Waals surface area contributed by atoms with Gasteiger partial charge >= 0.3 is 19.5 Å². The van der Waals surface area contributed by atoms with E-state index in [9.17, 15) is 19.0 Å². The summed E-state index contributed by atoms with van der Waals surface area (Å²) in [6, 6.07) is 5.30. The largest absolute Gasteiger partial charge is 0.481 e. The lowest BCUT2D eigenvalue weighted by molar-refractivity contribution is -0.143. The molecule has 1 rings (SSSR count). The minimum absolute atomic E-state index is 0.0770. The molecule has 1 aromatic carbocycles. The van der Waals surface area contributed by atoms with Crippen molar-refractivity contribution in [2.45, 2.75) is 12.1 Å². The predicted molar refractivity (Wildman–Crippen MR) is 65.6 cm³/mol. The van der Waals surface area contributed by atoms with Crippen molar-refractivity contribution in [1.29, 1.82) is 0 Å². The van der Waals surface area contributed by atoms with E-state index in [1.165, 1.54) is 24.3 Å². The van der Waals surface area contributed by atoms with Crippen LogP contribution < -0.4 is 4.52 Å². The van der Waals surface area contributed by atoms with Gasteiger partial charge in [0.05, 0.1) is 6.42 Å². The Morgan fingerprint density at radius 1 is 1.26 bits per heavy atom. The normalized spacial score (nSPS) is 15.3. The van der Waals surface area contributed by atoms with Crippen molar-refractivity contribution in [2.75, 3.05) is 0 Å². The first-order valence-corrected chi connectivity index (χ1v) is 6.97. The highest BCUT2D eigenvalue weighted by atomic mass is 35.5. The second-order valence-electron chi connectivity index (χ2n) is 3.56. The van der Waals surface area contributed by atoms with Crippen LogP contribution in [0.1, 0.15) is 6.42 Å². The summed E-state index contributed by atoms with van der Waals surface area (Å²) in [7, 11) is -4.67. The van der Waals surface area contributed by atoms with Gasteiger partial charge in [-0.1, -0.05) is 11.6 Å². The number of hydrogen-bond donors (Lipinski definition) is 3. The lowest BCUT2D eigenvalue weighted by Gasteiger charge is -2.18. The van der Waals surface area contributed by atoms with E-state index in [1.807, 2.05) is 0 Å². The standard InChI is InChI=1S/C10H10ClO7P/c11-6-1-3-7(4-2-6)18-19(16,17)8(10(14)15)5-9(12)13/h1-4,8H,5H2,(H,12,13)(H,14,15)(H,16,17). The third kappa shape index (κ3) is 4.55. The van der Waals surface area contributed by atoms with Crippen LogP contribution in [0.5, 0.6) is 5.75 Å². The van der Waals surface area contributed by atoms with Crippen LogP contribution in [-0.2, 0) is 14.2 Å². The summed E-state index contributed by atoms with van der Waals surface area (Å²) in [6.07, 6.45) is -1.02. The van der Waals surface area contributed by atoms with E-state index in [1.54, 1.807) is 0 Å². The van der Waals surface area contributed by atoms with Gasteiger partial charge in [0.25, 0.3) is 0 Å². The number of hydrogen-bond acceptors (Lipinski definition) is 4. The summed E-state index contributed by atoms with van der Waals surface area (Å²) in [5, 5.41) is 17.7. The second kappa shape index (κ2) is 6.06. The summed E-state index contributed by atoms with van der Waals surface area (Å²) >= 11 is 5.61. The molecule has 7 nitrogen and oxygen atoms in total. The summed E-state index contributed by atoms with van der Waals surface area (Å²) in [5.74, 6) is -3.31. The zero-order chi connectivity index (χ0) is 14.6. The van der Waals surface area contributed by atoms with Crippen molar-refractivity contribution in [3.8, 4) is 5.75 Å². The maximum Gasteiger partial charge on any atom is 0.391 e. The number of aliphatic carboxylic acids is 2. The predicted octanol–water partition coefficient (Wildman–Crippen LogP) is 1.83. The quantitative estimate of drug-likeness (QED) is 0.685. The summed E-state index contributed by atoms with van der Waals surface area (Å²) in [4.78, 5) is 30.9. The number of carbonyl (C=O) groups is 2. The van der Waals surface area contributed by atoms with Crippen LogP contribution in [0.4, 0.5) is 0 Å². The first kappa shape index (κ1) is 15.5. The molecule has 0 saturated carbocycles. The molecule has 0 radical (unpaired) electrons. The topological polar surface area (TPSA) is 121 Å². The van der Waals surface area contributed by atoms with E-state index in [0.29, 0.717) is 5.02 Å². The zero-order valence-corrected chi connectivity index (χ0v) is 11.0. The fraction of sp³-hybridized carbons (Fsp3) is 0.200. The monoisotopic (exact) mass is 308 g/mol. The van der Waals surface area contributed by atoms with E-state index in [0.717, 1.165) is 0 Å². The summed E-state index contributed by atoms with van der Waals surface area (Å²) in [5.41, 5.74) is -2.04. The highest BCUT2D eigenvalue weighted by Gasteiger charge is 2.41. The van der Waals surface area contributed by atoms with Crippen molar-refractivity contribution in [1.82, 2.24) is 0 Å². The van der Waals surface area contributed by atoms with Crippen LogP contribution >= 0.6 is 19.2 Å². The van der Waals surface area contributed by atoms with E-state index >= 15 is 0 Å². The maximum absolute atomic E-state index is 11.8. The third-order valence-corrected chi connectivity index (χ3v) is 4.01. The van der Waals surface area contributed by atoms with Crippen molar-refractivity contribution >= 4 is 31.1 Å². The Morgan fingerprint density at radius 2 is 1.79 bits per heavy atom. The van der Waals surface area contributed by atoms with Crippen molar-refractivity contribution in [2.24, 2.45) is 0 Å². The second-order valence-corrected chi connectivity index (χ2v) is 5.93. The smallest absolute Gasteiger partial charge is 0.391 e. The number of carboxylic acids is 2. The molecule has 9 heteroatoms. The SMILES string of the molecule is O=C(O)CC(C(=O)O)P(=O)(O)Oc1ccc(Cl)cc1. The Kier molecular flexibility index (Phi) is 4.94. The number of halogens is 1. The van der Waals surface area contributed by atoms with Crippen LogP contribution in [-0.4, -0.2) is 32.7 Å². The molecule has 0 fully saturated rings. The van der Waals surface area contributed by atoms with Crippen LogP contribution in [0.3, 0.4) is 0 Å². The molecular weight excluding hydrogens is 299 g/mol. The molecule has 2 unspecified atom stereocenters. The minimum Gasteiger partial charge on any atom is -0.481 e. The van der Waals surface area contributed by atoms with Gasteiger partial charge < -0.3 is 19.6 Å². The van der Waals surface area contributed by atoms with Crippen molar-refractivity contribution in [3.63, 3.8) is 0 Å². The average Bonchev–Trinajstić information content (AvgIpc) is 2.28. The molecule has 0 bridgehead atoms. The van der Waals surface area contributed by atoms with Crippen LogP contribution in [0, 0.1) is 0 Å². The molecule has 1 aromatic rings. The molecule has 0 heterocycles. The van der Waals surface area contributed by atoms with Gasteiger partial charge in [-0.3, -0.25) is 9.59 Å². The molecule has 3 N–H and O–H groups in total. The molecule has 2 atom stereocenters. The minimum atomic E-state index is -4.67. The van der Waals surface area contributed by atoms with E-state index < -0.39 is 31.6 Å². The van der Waals surface area contributed by atoms with E-state index in [4.69, 9.17) is 21.8 Å². The zero-order valence-electron chi connectivity index (χ0n) is 9.39.